The fourth-order valence-corrected chi connectivity index (χ4v) is 2.74. The zero-order chi connectivity index (χ0) is 17.3. The Kier molecular flexibility index (Phi) is 4.00. The van der Waals surface area contributed by atoms with E-state index in [-0.39, 0.29) is 11.1 Å². The molecule has 0 unspecified atom stereocenters. The lowest BCUT2D eigenvalue weighted by Crippen LogP contribution is -2.29. The van der Waals surface area contributed by atoms with Crippen molar-refractivity contribution >= 4 is 28.9 Å². The lowest BCUT2D eigenvalue weighted by molar-refractivity contribution is -0.136. The van der Waals surface area contributed by atoms with E-state index in [1.807, 2.05) is 0 Å². The second-order valence-corrected chi connectivity index (χ2v) is 5.46. The van der Waals surface area contributed by atoms with Crippen molar-refractivity contribution in [2.75, 3.05) is 0 Å². The molecule has 0 aliphatic heterocycles. The summed E-state index contributed by atoms with van der Waals surface area (Å²) in [6.07, 6.45) is 0. The number of carbonyl (C=O) groups excluding carboxylic acids is 5. The molecule has 118 valence electrons. The number of rotatable bonds is 4. The van der Waals surface area contributed by atoms with Crippen LogP contribution in [0.3, 0.4) is 0 Å². The van der Waals surface area contributed by atoms with Crippen LogP contribution in [-0.4, -0.2) is 28.9 Å². The van der Waals surface area contributed by atoms with Gasteiger partial charge in [0.2, 0.25) is 11.6 Å². The SMILES string of the molecule is O=C1C(=O)[C@H](C(=O)c2ccccc2)C(=O)[C@H]1C(=O)c1ccccc1. The minimum absolute atomic E-state index is 0.157. The highest BCUT2D eigenvalue weighted by Crippen LogP contribution is 2.27. The van der Waals surface area contributed by atoms with Crippen LogP contribution in [0, 0.1) is 11.8 Å². The number of hydrogen-bond donors (Lipinski definition) is 0. The first-order valence-corrected chi connectivity index (χ1v) is 7.32. The van der Waals surface area contributed by atoms with Gasteiger partial charge in [0.15, 0.2) is 17.3 Å². The van der Waals surface area contributed by atoms with E-state index in [2.05, 4.69) is 0 Å². The molecule has 5 heteroatoms. The van der Waals surface area contributed by atoms with E-state index >= 15 is 0 Å². The van der Waals surface area contributed by atoms with Gasteiger partial charge in [-0.05, 0) is 0 Å². The van der Waals surface area contributed by atoms with Gasteiger partial charge in [-0.1, -0.05) is 60.7 Å². The van der Waals surface area contributed by atoms with Crippen LogP contribution in [-0.2, 0) is 14.4 Å². The number of Topliss-reactive ketones (excluding diaryl/α,β-unsaturated/α-hetero) is 5. The zero-order valence-corrected chi connectivity index (χ0v) is 12.5. The molecule has 0 saturated heterocycles. The maximum absolute atomic E-state index is 12.5. The van der Waals surface area contributed by atoms with Crippen LogP contribution in [0.4, 0.5) is 0 Å². The lowest BCUT2D eigenvalue weighted by atomic mass is 9.90. The first kappa shape index (κ1) is 15.7. The molecule has 0 amide bonds. The molecule has 2 aromatic carbocycles. The molecule has 0 radical (unpaired) electrons. The van der Waals surface area contributed by atoms with Crippen LogP contribution in [0.2, 0.25) is 0 Å². The van der Waals surface area contributed by atoms with Gasteiger partial charge in [0.1, 0.15) is 11.8 Å². The van der Waals surface area contributed by atoms with E-state index in [9.17, 15) is 24.0 Å². The fraction of sp³-hybridized carbons (Fsp3) is 0.105. The quantitative estimate of drug-likeness (QED) is 0.486. The van der Waals surface area contributed by atoms with Crippen LogP contribution in [0.1, 0.15) is 20.7 Å². The number of carbonyl (C=O) groups is 5. The molecule has 0 aromatic heterocycles. The summed E-state index contributed by atoms with van der Waals surface area (Å²) < 4.78 is 0. The van der Waals surface area contributed by atoms with Gasteiger partial charge in [0, 0.05) is 11.1 Å². The lowest BCUT2D eigenvalue weighted by Gasteiger charge is -2.07. The van der Waals surface area contributed by atoms with Crippen molar-refractivity contribution < 1.29 is 24.0 Å². The minimum Gasteiger partial charge on any atom is -0.297 e. The normalized spacial score (nSPS) is 20.2. The van der Waals surface area contributed by atoms with Crippen molar-refractivity contribution in [2.45, 2.75) is 0 Å². The first-order chi connectivity index (χ1) is 11.5. The smallest absolute Gasteiger partial charge is 0.217 e. The van der Waals surface area contributed by atoms with Gasteiger partial charge in [-0.25, -0.2) is 0 Å². The molecule has 0 N–H and O–H groups in total. The van der Waals surface area contributed by atoms with Crippen LogP contribution in [0.5, 0.6) is 0 Å². The third-order valence-electron chi connectivity index (χ3n) is 3.98. The average Bonchev–Trinajstić information content (AvgIpc) is 2.84. The van der Waals surface area contributed by atoms with Crippen LogP contribution < -0.4 is 0 Å². The predicted molar refractivity (Wildman–Crippen MR) is 83.5 cm³/mol. The van der Waals surface area contributed by atoms with Gasteiger partial charge in [0.05, 0.1) is 0 Å². The Morgan fingerprint density at radius 2 is 0.917 bits per heavy atom. The van der Waals surface area contributed by atoms with Gasteiger partial charge in [-0.2, -0.15) is 0 Å². The number of benzene rings is 2. The highest BCUT2D eigenvalue weighted by atomic mass is 16.2. The van der Waals surface area contributed by atoms with Crippen molar-refractivity contribution in [3.63, 3.8) is 0 Å². The first-order valence-electron chi connectivity index (χ1n) is 7.32. The topological polar surface area (TPSA) is 85.3 Å². The largest absolute Gasteiger partial charge is 0.297 e. The van der Waals surface area contributed by atoms with Crippen LogP contribution >= 0.6 is 0 Å². The summed E-state index contributed by atoms with van der Waals surface area (Å²) in [6, 6.07) is 15.6. The van der Waals surface area contributed by atoms with E-state index in [1.165, 1.54) is 24.3 Å². The summed E-state index contributed by atoms with van der Waals surface area (Å²) in [5.74, 6) is -8.10. The molecule has 0 heterocycles. The Morgan fingerprint density at radius 3 is 1.25 bits per heavy atom. The summed E-state index contributed by atoms with van der Waals surface area (Å²) >= 11 is 0. The number of hydrogen-bond acceptors (Lipinski definition) is 5. The molecule has 2 atom stereocenters. The molecular formula is C19H12O5. The summed E-state index contributed by atoms with van der Waals surface area (Å²) in [5, 5.41) is 0. The monoisotopic (exact) mass is 320 g/mol. The summed E-state index contributed by atoms with van der Waals surface area (Å²) in [6.45, 7) is 0. The molecule has 24 heavy (non-hydrogen) atoms. The minimum atomic E-state index is -1.72. The molecule has 0 spiro atoms. The summed E-state index contributed by atoms with van der Waals surface area (Å²) in [4.78, 5) is 61.6. The zero-order valence-electron chi connectivity index (χ0n) is 12.5. The van der Waals surface area contributed by atoms with E-state index in [1.54, 1.807) is 36.4 Å². The van der Waals surface area contributed by atoms with Gasteiger partial charge in [-0.15, -0.1) is 0 Å². The Bertz CT molecular complexity index is 780. The van der Waals surface area contributed by atoms with Crippen LogP contribution in [0.25, 0.3) is 0 Å². The van der Waals surface area contributed by atoms with Crippen molar-refractivity contribution in [3.8, 4) is 0 Å². The molecule has 1 aliphatic carbocycles. The predicted octanol–water partition coefficient (Wildman–Crippen LogP) is 1.71. The summed E-state index contributed by atoms with van der Waals surface area (Å²) in [5.41, 5.74) is 0.314. The second-order valence-electron chi connectivity index (χ2n) is 5.46. The average molecular weight is 320 g/mol. The van der Waals surface area contributed by atoms with E-state index in [4.69, 9.17) is 0 Å². The fourth-order valence-electron chi connectivity index (χ4n) is 2.74. The molecule has 1 fully saturated rings. The Hall–Kier alpha value is -3.21. The molecule has 1 saturated carbocycles. The Morgan fingerprint density at radius 1 is 0.583 bits per heavy atom. The highest BCUT2D eigenvalue weighted by molar-refractivity contribution is 6.60. The Labute approximate surface area is 137 Å². The van der Waals surface area contributed by atoms with Crippen LogP contribution in [0.15, 0.2) is 60.7 Å². The molecular weight excluding hydrogens is 308 g/mol. The summed E-state index contributed by atoms with van der Waals surface area (Å²) in [7, 11) is 0. The van der Waals surface area contributed by atoms with Gasteiger partial charge in [-0.3, -0.25) is 24.0 Å². The molecule has 1 aliphatic rings. The molecule has 2 aromatic rings. The van der Waals surface area contributed by atoms with Gasteiger partial charge >= 0.3 is 0 Å². The number of ketones is 5. The maximum atomic E-state index is 12.5. The second kappa shape index (κ2) is 6.12. The van der Waals surface area contributed by atoms with Crippen molar-refractivity contribution in [2.24, 2.45) is 11.8 Å². The molecule has 5 nitrogen and oxygen atoms in total. The highest BCUT2D eigenvalue weighted by Gasteiger charge is 2.55. The van der Waals surface area contributed by atoms with Gasteiger partial charge < -0.3 is 0 Å². The van der Waals surface area contributed by atoms with E-state index < -0.39 is 40.8 Å². The third-order valence-corrected chi connectivity index (χ3v) is 3.98. The van der Waals surface area contributed by atoms with Gasteiger partial charge in [0.25, 0.3) is 0 Å². The third kappa shape index (κ3) is 2.50. The van der Waals surface area contributed by atoms with E-state index in [0.29, 0.717) is 0 Å². The standard InChI is InChI=1S/C19H12O5/c20-15(11-7-3-1-4-8-11)13-17(22)14(19(24)18(13)23)16(21)12-9-5-2-6-10-12/h1-10,13-14H/t13-,14-/m1/s1. The van der Waals surface area contributed by atoms with Crippen molar-refractivity contribution in [1.29, 1.82) is 0 Å². The Balaban J connectivity index is 1.94. The van der Waals surface area contributed by atoms with Crippen molar-refractivity contribution in [1.82, 2.24) is 0 Å². The maximum Gasteiger partial charge on any atom is 0.217 e. The van der Waals surface area contributed by atoms with Crippen molar-refractivity contribution in [3.05, 3.63) is 71.8 Å². The molecule has 0 bridgehead atoms. The molecule has 3 rings (SSSR count). The van der Waals surface area contributed by atoms with E-state index in [0.717, 1.165) is 0 Å².